The van der Waals surface area contributed by atoms with Crippen LogP contribution in [0, 0.1) is 0 Å². The summed E-state index contributed by atoms with van der Waals surface area (Å²) in [5.74, 6) is 2.31. The third-order valence-electron chi connectivity index (χ3n) is 2.56. The highest BCUT2D eigenvalue weighted by Crippen LogP contribution is 2.32. The van der Waals surface area contributed by atoms with Crippen LogP contribution in [0.4, 0.5) is 5.69 Å². The van der Waals surface area contributed by atoms with E-state index in [-0.39, 0.29) is 5.91 Å². The van der Waals surface area contributed by atoms with Gasteiger partial charge in [-0.05, 0) is 18.4 Å². The molecule has 0 saturated carbocycles. The fraction of sp³-hybridized carbons (Fsp3) is 0.462. The van der Waals surface area contributed by atoms with Crippen LogP contribution in [0.25, 0.3) is 0 Å². The number of carbonyl (C=O) groups is 1. The van der Waals surface area contributed by atoms with E-state index < -0.39 is 0 Å². The van der Waals surface area contributed by atoms with Gasteiger partial charge in [-0.3, -0.25) is 4.79 Å². The minimum absolute atomic E-state index is 0.0267. The van der Waals surface area contributed by atoms with Crippen molar-refractivity contribution in [3.63, 3.8) is 0 Å². The van der Waals surface area contributed by atoms with Crippen LogP contribution in [-0.2, 0) is 4.79 Å². The number of benzene rings is 1. The lowest BCUT2D eigenvalue weighted by molar-refractivity contribution is -0.115. The molecule has 1 N–H and O–H groups in total. The standard InChI is InChI=1S/C13H17NO3S/c1-18-8-5-13(15)14-10-3-4-11-12(9-10)17-7-2-6-16-11/h3-4,9H,2,5-8H2,1H3,(H,14,15). The van der Waals surface area contributed by atoms with E-state index in [1.165, 1.54) is 0 Å². The first-order chi connectivity index (χ1) is 8.79. The zero-order chi connectivity index (χ0) is 12.8. The van der Waals surface area contributed by atoms with E-state index >= 15 is 0 Å². The highest BCUT2D eigenvalue weighted by molar-refractivity contribution is 7.98. The third-order valence-corrected chi connectivity index (χ3v) is 3.18. The lowest BCUT2D eigenvalue weighted by Crippen LogP contribution is -2.12. The van der Waals surface area contributed by atoms with Crippen molar-refractivity contribution in [2.75, 3.05) is 30.5 Å². The first-order valence-corrected chi connectivity index (χ1v) is 7.37. The van der Waals surface area contributed by atoms with Crippen molar-refractivity contribution < 1.29 is 14.3 Å². The highest BCUT2D eigenvalue weighted by atomic mass is 32.2. The molecule has 0 radical (unpaired) electrons. The van der Waals surface area contributed by atoms with Crippen LogP contribution in [0.15, 0.2) is 18.2 Å². The molecule has 5 heteroatoms. The number of fused-ring (bicyclic) bond motifs is 1. The van der Waals surface area contributed by atoms with Gasteiger partial charge in [-0.2, -0.15) is 11.8 Å². The highest BCUT2D eigenvalue weighted by Gasteiger charge is 2.11. The molecule has 1 aliphatic heterocycles. The van der Waals surface area contributed by atoms with E-state index in [1.807, 2.05) is 24.5 Å². The second kappa shape index (κ2) is 6.54. The zero-order valence-electron chi connectivity index (χ0n) is 10.4. The molecule has 0 spiro atoms. The van der Waals surface area contributed by atoms with Gasteiger partial charge in [0.05, 0.1) is 13.2 Å². The van der Waals surface area contributed by atoms with Gasteiger partial charge in [0, 0.05) is 30.3 Å². The van der Waals surface area contributed by atoms with Crippen LogP contribution in [0.5, 0.6) is 11.5 Å². The van der Waals surface area contributed by atoms with Crippen LogP contribution in [-0.4, -0.2) is 31.1 Å². The SMILES string of the molecule is CSCCC(=O)Nc1ccc2c(c1)OCCCO2. The van der Waals surface area contributed by atoms with E-state index in [2.05, 4.69) is 5.32 Å². The topological polar surface area (TPSA) is 47.6 Å². The van der Waals surface area contributed by atoms with Gasteiger partial charge in [-0.15, -0.1) is 0 Å². The summed E-state index contributed by atoms with van der Waals surface area (Å²) in [6, 6.07) is 5.49. The summed E-state index contributed by atoms with van der Waals surface area (Å²) in [5.41, 5.74) is 0.755. The number of anilines is 1. The molecule has 0 aliphatic carbocycles. The number of carbonyl (C=O) groups excluding carboxylic acids is 1. The van der Waals surface area contributed by atoms with E-state index in [9.17, 15) is 4.79 Å². The van der Waals surface area contributed by atoms with Gasteiger partial charge in [0.2, 0.25) is 5.91 Å². The Morgan fingerprint density at radius 3 is 2.89 bits per heavy atom. The van der Waals surface area contributed by atoms with Gasteiger partial charge in [-0.25, -0.2) is 0 Å². The molecule has 0 atom stereocenters. The molecule has 0 bridgehead atoms. The van der Waals surface area contributed by atoms with E-state index in [4.69, 9.17) is 9.47 Å². The smallest absolute Gasteiger partial charge is 0.225 e. The number of thioether (sulfide) groups is 1. The minimum atomic E-state index is 0.0267. The maximum Gasteiger partial charge on any atom is 0.225 e. The average Bonchev–Trinajstić information content (AvgIpc) is 2.61. The van der Waals surface area contributed by atoms with Crippen molar-refractivity contribution in [2.45, 2.75) is 12.8 Å². The van der Waals surface area contributed by atoms with Crippen LogP contribution in [0.3, 0.4) is 0 Å². The normalized spacial score (nSPS) is 13.8. The monoisotopic (exact) mass is 267 g/mol. The summed E-state index contributed by atoms with van der Waals surface area (Å²) in [6.07, 6.45) is 3.39. The summed E-state index contributed by atoms with van der Waals surface area (Å²) in [4.78, 5) is 11.6. The summed E-state index contributed by atoms with van der Waals surface area (Å²) in [5, 5.41) is 2.86. The summed E-state index contributed by atoms with van der Waals surface area (Å²) in [7, 11) is 0. The maximum absolute atomic E-state index is 11.6. The van der Waals surface area contributed by atoms with Crippen molar-refractivity contribution in [3.05, 3.63) is 18.2 Å². The van der Waals surface area contributed by atoms with E-state index in [0.29, 0.717) is 25.4 Å². The van der Waals surface area contributed by atoms with Crippen molar-refractivity contribution in [3.8, 4) is 11.5 Å². The Kier molecular flexibility index (Phi) is 4.75. The Bertz CT molecular complexity index is 423. The molecule has 0 fully saturated rings. The molecule has 0 saturated heterocycles. The van der Waals surface area contributed by atoms with Gasteiger partial charge in [0.1, 0.15) is 0 Å². The number of ether oxygens (including phenoxy) is 2. The predicted octanol–water partition coefficient (Wildman–Crippen LogP) is 2.54. The van der Waals surface area contributed by atoms with E-state index in [1.54, 1.807) is 11.8 Å². The molecule has 0 unspecified atom stereocenters. The lowest BCUT2D eigenvalue weighted by Gasteiger charge is -2.10. The van der Waals surface area contributed by atoms with Gasteiger partial charge in [0.25, 0.3) is 0 Å². The average molecular weight is 267 g/mol. The van der Waals surface area contributed by atoms with Crippen LogP contribution in [0.2, 0.25) is 0 Å². The van der Waals surface area contributed by atoms with Gasteiger partial charge < -0.3 is 14.8 Å². The Balaban J connectivity index is 2.01. The molecule has 4 nitrogen and oxygen atoms in total. The van der Waals surface area contributed by atoms with Gasteiger partial charge in [-0.1, -0.05) is 0 Å². The number of amides is 1. The van der Waals surface area contributed by atoms with Gasteiger partial charge in [0.15, 0.2) is 11.5 Å². The molecule has 18 heavy (non-hydrogen) atoms. The summed E-state index contributed by atoms with van der Waals surface area (Å²) in [6.45, 7) is 1.32. The zero-order valence-corrected chi connectivity index (χ0v) is 11.2. The Morgan fingerprint density at radius 2 is 2.11 bits per heavy atom. The molecule has 98 valence electrons. The van der Waals surface area contributed by atoms with Crippen molar-refractivity contribution >= 4 is 23.4 Å². The Labute approximate surface area is 111 Å². The minimum Gasteiger partial charge on any atom is -0.490 e. The quantitative estimate of drug-likeness (QED) is 0.910. The molecule has 1 heterocycles. The molecule has 1 aliphatic rings. The van der Waals surface area contributed by atoms with Gasteiger partial charge >= 0.3 is 0 Å². The molecule has 1 aromatic rings. The number of hydrogen-bond acceptors (Lipinski definition) is 4. The van der Waals surface area contributed by atoms with Crippen molar-refractivity contribution in [1.82, 2.24) is 0 Å². The number of nitrogens with one attached hydrogen (secondary N) is 1. The molecule has 0 aromatic heterocycles. The largest absolute Gasteiger partial charge is 0.490 e. The Hall–Kier alpha value is -1.36. The fourth-order valence-electron chi connectivity index (χ4n) is 1.66. The fourth-order valence-corrected chi connectivity index (χ4v) is 2.05. The predicted molar refractivity (Wildman–Crippen MR) is 73.7 cm³/mol. The molecule has 1 amide bonds. The second-order valence-corrected chi connectivity index (χ2v) is 4.99. The maximum atomic E-state index is 11.6. The van der Waals surface area contributed by atoms with Crippen molar-refractivity contribution in [1.29, 1.82) is 0 Å². The molecular weight excluding hydrogens is 250 g/mol. The second-order valence-electron chi connectivity index (χ2n) is 4.00. The summed E-state index contributed by atoms with van der Waals surface area (Å²) >= 11 is 1.66. The summed E-state index contributed by atoms with van der Waals surface area (Å²) < 4.78 is 11.1. The molecule has 1 aromatic carbocycles. The first-order valence-electron chi connectivity index (χ1n) is 5.98. The lowest BCUT2D eigenvalue weighted by atomic mass is 10.2. The number of hydrogen-bond donors (Lipinski definition) is 1. The van der Waals surface area contributed by atoms with Crippen LogP contribution >= 0.6 is 11.8 Å². The third kappa shape index (κ3) is 3.57. The first kappa shape index (κ1) is 13.1. The molecular formula is C13H17NO3S. The van der Waals surface area contributed by atoms with E-state index in [0.717, 1.165) is 23.6 Å². The Morgan fingerprint density at radius 1 is 1.33 bits per heavy atom. The van der Waals surface area contributed by atoms with Crippen molar-refractivity contribution in [2.24, 2.45) is 0 Å². The van der Waals surface area contributed by atoms with Crippen LogP contribution < -0.4 is 14.8 Å². The number of rotatable bonds is 4. The van der Waals surface area contributed by atoms with Crippen LogP contribution in [0.1, 0.15) is 12.8 Å². The molecule has 2 rings (SSSR count).